The summed E-state index contributed by atoms with van der Waals surface area (Å²) in [6.07, 6.45) is 0. The number of nitrogens with one attached hydrogen (secondary N) is 1. The van der Waals surface area contributed by atoms with E-state index in [2.05, 4.69) is 10.3 Å². The number of carbonyl (C=O) groups excluding carboxylic acids is 1. The van der Waals surface area contributed by atoms with Crippen LogP contribution in [0.1, 0.15) is 16.1 Å². The lowest BCUT2D eigenvalue weighted by Crippen LogP contribution is -2.14. The van der Waals surface area contributed by atoms with Gasteiger partial charge in [-0.1, -0.05) is 18.2 Å². The summed E-state index contributed by atoms with van der Waals surface area (Å²) in [5, 5.41) is 3.68. The van der Waals surface area contributed by atoms with Gasteiger partial charge >= 0.3 is 0 Å². The van der Waals surface area contributed by atoms with Gasteiger partial charge in [0.15, 0.2) is 5.76 Å². The summed E-state index contributed by atoms with van der Waals surface area (Å²) < 4.78 is 16.3. The van der Waals surface area contributed by atoms with Gasteiger partial charge in [-0.25, -0.2) is 4.98 Å². The number of anilines is 1. The molecule has 0 unspecified atom stereocenters. The molecule has 0 aliphatic heterocycles. The average molecular weight is 388 g/mol. The molecule has 29 heavy (non-hydrogen) atoms. The van der Waals surface area contributed by atoms with E-state index in [1.54, 1.807) is 38.5 Å². The molecule has 1 N–H and O–H groups in total. The van der Waals surface area contributed by atoms with Gasteiger partial charge in [-0.3, -0.25) is 4.79 Å². The molecule has 4 rings (SSSR count). The minimum absolute atomic E-state index is 0.278. The van der Waals surface area contributed by atoms with Crippen molar-refractivity contribution in [2.24, 2.45) is 0 Å². The molecule has 6 heteroatoms. The van der Waals surface area contributed by atoms with Gasteiger partial charge in [0.1, 0.15) is 23.0 Å². The van der Waals surface area contributed by atoms with E-state index in [1.165, 1.54) is 0 Å². The van der Waals surface area contributed by atoms with Crippen LogP contribution in [0.4, 0.5) is 5.69 Å². The number of para-hydroxylation sites is 1. The van der Waals surface area contributed by atoms with Gasteiger partial charge < -0.3 is 19.2 Å². The zero-order valence-corrected chi connectivity index (χ0v) is 16.4. The van der Waals surface area contributed by atoms with E-state index in [9.17, 15) is 4.79 Å². The molecule has 6 nitrogen and oxygen atoms in total. The lowest BCUT2D eigenvalue weighted by molar-refractivity contribution is 0.102. The number of methoxy groups -OCH3 is 2. The fourth-order valence-electron chi connectivity index (χ4n) is 3.16. The van der Waals surface area contributed by atoms with E-state index in [4.69, 9.17) is 13.9 Å². The van der Waals surface area contributed by atoms with E-state index in [1.807, 2.05) is 43.3 Å². The molecule has 0 aliphatic rings. The van der Waals surface area contributed by atoms with Crippen molar-refractivity contribution < 1.29 is 18.7 Å². The lowest BCUT2D eigenvalue weighted by atomic mass is 10.1. The minimum atomic E-state index is -0.278. The van der Waals surface area contributed by atoms with Crippen molar-refractivity contribution in [1.29, 1.82) is 0 Å². The Morgan fingerprint density at radius 3 is 2.55 bits per heavy atom. The Morgan fingerprint density at radius 1 is 1.00 bits per heavy atom. The SMILES string of the molecule is COc1ccc(OC)c(NC(=O)c2cc(-c3ccc(C)o3)nc3ccccc23)c1. The number of aryl methyl sites for hydroxylation is 1. The van der Waals surface area contributed by atoms with Gasteiger partial charge in [0.25, 0.3) is 5.91 Å². The van der Waals surface area contributed by atoms with Gasteiger partial charge in [0, 0.05) is 11.5 Å². The molecule has 0 fully saturated rings. The maximum absolute atomic E-state index is 13.2. The molecular formula is C23H20N2O4. The maximum atomic E-state index is 13.2. The molecule has 4 aromatic rings. The molecule has 0 saturated carbocycles. The highest BCUT2D eigenvalue weighted by atomic mass is 16.5. The molecule has 0 atom stereocenters. The van der Waals surface area contributed by atoms with Crippen molar-refractivity contribution in [3.05, 3.63) is 72.0 Å². The van der Waals surface area contributed by atoms with Gasteiger partial charge in [-0.2, -0.15) is 0 Å². The first-order valence-electron chi connectivity index (χ1n) is 9.09. The van der Waals surface area contributed by atoms with Crippen LogP contribution in [0, 0.1) is 6.92 Å². The molecule has 0 aliphatic carbocycles. The second kappa shape index (κ2) is 7.67. The zero-order chi connectivity index (χ0) is 20.4. The highest BCUT2D eigenvalue weighted by molar-refractivity contribution is 6.13. The Kier molecular flexibility index (Phi) is 4.91. The Balaban J connectivity index is 1.79. The summed E-state index contributed by atoms with van der Waals surface area (Å²) in [6, 6.07) is 18.2. The third-order valence-corrected chi connectivity index (χ3v) is 4.61. The fraction of sp³-hybridized carbons (Fsp3) is 0.130. The van der Waals surface area contributed by atoms with Gasteiger partial charge in [0.2, 0.25) is 0 Å². The van der Waals surface area contributed by atoms with Gasteiger partial charge in [-0.05, 0) is 43.3 Å². The quantitative estimate of drug-likeness (QED) is 0.516. The van der Waals surface area contributed by atoms with Crippen LogP contribution in [0.5, 0.6) is 11.5 Å². The smallest absolute Gasteiger partial charge is 0.256 e. The Labute approximate surface area is 168 Å². The number of ether oxygens (including phenoxy) is 2. The van der Waals surface area contributed by atoms with E-state index in [-0.39, 0.29) is 5.91 Å². The van der Waals surface area contributed by atoms with Crippen LogP contribution in [-0.2, 0) is 0 Å². The Hall–Kier alpha value is -3.80. The second-order valence-corrected chi connectivity index (χ2v) is 6.50. The predicted molar refractivity (Wildman–Crippen MR) is 112 cm³/mol. The fourth-order valence-corrected chi connectivity index (χ4v) is 3.16. The molecule has 0 spiro atoms. The molecule has 146 valence electrons. The normalized spacial score (nSPS) is 10.7. The molecule has 0 radical (unpaired) electrons. The van der Waals surface area contributed by atoms with Crippen molar-refractivity contribution in [2.45, 2.75) is 6.92 Å². The van der Waals surface area contributed by atoms with Crippen molar-refractivity contribution in [1.82, 2.24) is 4.98 Å². The van der Waals surface area contributed by atoms with Crippen molar-refractivity contribution in [3.63, 3.8) is 0 Å². The average Bonchev–Trinajstić information content (AvgIpc) is 3.19. The first-order valence-corrected chi connectivity index (χ1v) is 9.09. The number of furan rings is 1. The van der Waals surface area contributed by atoms with Crippen LogP contribution < -0.4 is 14.8 Å². The number of hydrogen-bond donors (Lipinski definition) is 1. The van der Waals surface area contributed by atoms with E-state index in [0.29, 0.717) is 39.7 Å². The molecule has 0 saturated heterocycles. The predicted octanol–water partition coefficient (Wildman–Crippen LogP) is 5.07. The summed E-state index contributed by atoms with van der Waals surface area (Å²) in [4.78, 5) is 17.9. The minimum Gasteiger partial charge on any atom is -0.497 e. The topological polar surface area (TPSA) is 73.6 Å². The number of fused-ring (bicyclic) bond motifs is 1. The Bertz CT molecular complexity index is 1200. The number of hydrogen-bond acceptors (Lipinski definition) is 5. The van der Waals surface area contributed by atoms with Gasteiger partial charge in [0.05, 0.1) is 31.0 Å². The first-order chi connectivity index (χ1) is 14.1. The van der Waals surface area contributed by atoms with Crippen molar-refractivity contribution in [2.75, 3.05) is 19.5 Å². The second-order valence-electron chi connectivity index (χ2n) is 6.50. The van der Waals surface area contributed by atoms with Crippen molar-refractivity contribution in [3.8, 4) is 23.0 Å². The first kappa shape index (κ1) is 18.6. The van der Waals surface area contributed by atoms with E-state index in [0.717, 1.165) is 11.1 Å². The third kappa shape index (κ3) is 3.65. The summed E-state index contributed by atoms with van der Waals surface area (Å²) >= 11 is 0. The van der Waals surface area contributed by atoms with E-state index < -0.39 is 0 Å². The number of carbonyl (C=O) groups is 1. The largest absolute Gasteiger partial charge is 0.497 e. The monoisotopic (exact) mass is 388 g/mol. The van der Waals surface area contributed by atoms with Crippen LogP contribution >= 0.6 is 0 Å². The highest BCUT2D eigenvalue weighted by Crippen LogP contribution is 2.31. The number of nitrogens with zero attached hydrogens (tertiary/aromatic N) is 1. The molecule has 2 heterocycles. The lowest BCUT2D eigenvalue weighted by Gasteiger charge is -2.13. The summed E-state index contributed by atoms with van der Waals surface area (Å²) in [5.41, 5.74) is 2.32. The number of aromatic nitrogens is 1. The molecule has 2 aromatic heterocycles. The van der Waals surface area contributed by atoms with Gasteiger partial charge in [-0.15, -0.1) is 0 Å². The highest BCUT2D eigenvalue weighted by Gasteiger charge is 2.17. The van der Waals surface area contributed by atoms with Crippen LogP contribution in [0.3, 0.4) is 0 Å². The van der Waals surface area contributed by atoms with Crippen LogP contribution in [-0.4, -0.2) is 25.1 Å². The number of rotatable bonds is 5. The van der Waals surface area contributed by atoms with E-state index >= 15 is 0 Å². The number of amides is 1. The maximum Gasteiger partial charge on any atom is 0.256 e. The zero-order valence-electron chi connectivity index (χ0n) is 16.4. The summed E-state index contributed by atoms with van der Waals surface area (Å²) in [7, 11) is 3.12. The molecule has 1 amide bonds. The Morgan fingerprint density at radius 2 is 1.83 bits per heavy atom. The summed E-state index contributed by atoms with van der Waals surface area (Å²) in [6.45, 7) is 1.87. The number of benzene rings is 2. The van der Waals surface area contributed by atoms with Crippen LogP contribution in [0.25, 0.3) is 22.4 Å². The standard InChI is InChI=1S/C23H20N2O4/c1-14-8-10-22(29-14)20-13-17(16-6-4-5-7-18(16)24-20)23(26)25-19-12-15(27-2)9-11-21(19)28-3/h4-13H,1-3H3,(H,25,26). The van der Waals surface area contributed by atoms with Crippen molar-refractivity contribution >= 4 is 22.5 Å². The number of pyridine rings is 1. The van der Waals surface area contributed by atoms with Crippen LogP contribution in [0.2, 0.25) is 0 Å². The van der Waals surface area contributed by atoms with Crippen LogP contribution in [0.15, 0.2) is 65.1 Å². The molecular weight excluding hydrogens is 368 g/mol. The third-order valence-electron chi connectivity index (χ3n) is 4.61. The summed E-state index contributed by atoms with van der Waals surface area (Å²) in [5.74, 6) is 2.27. The molecule has 2 aromatic carbocycles. The molecule has 0 bridgehead atoms.